The van der Waals surface area contributed by atoms with E-state index in [0.717, 1.165) is 0 Å². The summed E-state index contributed by atoms with van der Waals surface area (Å²) in [5.74, 6) is -2.83. The molecule has 3 nitrogen and oxygen atoms in total. The Labute approximate surface area is 108 Å². The van der Waals surface area contributed by atoms with Gasteiger partial charge in [0.1, 0.15) is 19.0 Å². The van der Waals surface area contributed by atoms with E-state index >= 15 is 0 Å². The Kier molecular flexibility index (Phi) is 6.77. The molecular weight excluding hydrogens is 329 g/mol. The van der Waals surface area contributed by atoms with Gasteiger partial charge in [-0.05, 0) is 0 Å². The van der Waals surface area contributed by atoms with Gasteiger partial charge >= 0.3 is 27.7 Å². The summed E-state index contributed by atoms with van der Waals surface area (Å²) in [6.07, 6.45) is -11.7. The third-order valence-electron chi connectivity index (χ3n) is 1.59. The van der Waals surface area contributed by atoms with Crippen LogP contribution in [-0.2, 0) is 8.85 Å². The minimum atomic E-state index is -4.96. The molecule has 0 saturated heterocycles. The average molecular weight is 339 g/mol. The van der Waals surface area contributed by atoms with Gasteiger partial charge in [0.25, 0.3) is 0 Å². The number of hydrogen-bond donors (Lipinski definition) is 1. The van der Waals surface area contributed by atoms with Gasteiger partial charge in [-0.1, -0.05) is 0 Å². The van der Waals surface area contributed by atoms with Crippen molar-refractivity contribution in [2.75, 3.05) is 13.2 Å². The van der Waals surface area contributed by atoms with Crippen LogP contribution >= 0.6 is 0 Å². The zero-order valence-electron chi connectivity index (χ0n) is 9.57. The second-order valence-electron chi connectivity index (χ2n) is 3.70. The SMILES string of the molecule is NC(F)(F)CC(F)[SiH](OCC(F)(F)F)OCC(F)(F)F. The van der Waals surface area contributed by atoms with Crippen molar-refractivity contribution in [3.05, 3.63) is 0 Å². The molecule has 0 amide bonds. The summed E-state index contributed by atoms with van der Waals surface area (Å²) in [6.45, 7) is -4.20. The first-order valence-corrected chi connectivity index (χ1v) is 6.48. The predicted octanol–water partition coefficient (Wildman–Crippen LogP) is 2.18. The molecule has 0 radical (unpaired) electrons. The molecule has 0 aliphatic rings. The van der Waals surface area contributed by atoms with E-state index in [9.17, 15) is 39.5 Å². The molecule has 0 bridgehead atoms. The molecule has 1 atom stereocenters. The molecule has 20 heavy (non-hydrogen) atoms. The summed E-state index contributed by atoms with van der Waals surface area (Å²) in [4.78, 5) is 0. The number of hydrogen-bond acceptors (Lipinski definition) is 3. The van der Waals surface area contributed by atoms with Crippen LogP contribution in [0.15, 0.2) is 0 Å². The smallest absolute Gasteiger partial charge is 0.385 e. The number of halogens is 9. The van der Waals surface area contributed by atoms with Gasteiger partial charge in [-0.3, -0.25) is 5.73 Å². The zero-order chi connectivity index (χ0) is 16.2. The summed E-state index contributed by atoms with van der Waals surface area (Å²) in [7, 11) is -4.29. The predicted molar refractivity (Wildman–Crippen MR) is 49.8 cm³/mol. The van der Waals surface area contributed by atoms with Crippen molar-refractivity contribution < 1.29 is 48.4 Å². The van der Waals surface area contributed by atoms with Gasteiger partial charge in [-0.15, -0.1) is 0 Å². The molecule has 1 unspecified atom stereocenters. The summed E-state index contributed by atoms with van der Waals surface area (Å²) in [5, 5.41) is 0. The molecule has 13 heteroatoms. The highest BCUT2D eigenvalue weighted by atomic mass is 28.3. The van der Waals surface area contributed by atoms with Crippen molar-refractivity contribution in [1.29, 1.82) is 0 Å². The monoisotopic (exact) mass is 339 g/mol. The van der Waals surface area contributed by atoms with Crippen LogP contribution < -0.4 is 5.73 Å². The van der Waals surface area contributed by atoms with Crippen LogP contribution in [0.5, 0.6) is 0 Å². The molecule has 2 N–H and O–H groups in total. The van der Waals surface area contributed by atoms with E-state index < -0.39 is 53.1 Å². The van der Waals surface area contributed by atoms with E-state index in [4.69, 9.17) is 0 Å². The summed E-state index contributed by atoms with van der Waals surface area (Å²) >= 11 is 0. The first-order valence-electron chi connectivity index (χ1n) is 4.87. The molecule has 0 spiro atoms. The Morgan fingerprint density at radius 2 is 1.20 bits per heavy atom. The highest BCUT2D eigenvalue weighted by molar-refractivity contribution is 6.46. The van der Waals surface area contributed by atoms with Crippen molar-refractivity contribution in [3.63, 3.8) is 0 Å². The third-order valence-corrected chi connectivity index (χ3v) is 3.40. The Morgan fingerprint density at radius 3 is 1.45 bits per heavy atom. The molecular formula is C7H10F9NO2Si. The topological polar surface area (TPSA) is 44.5 Å². The Hall–Kier alpha value is -0.533. The van der Waals surface area contributed by atoms with Crippen LogP contribution in [0, 0.1) is 0 Å². The highest BCUT2D eigenvalue weighted by Gasteiger charge is 2.41. The van der Waals surface area contributed by atoms with Crippen LogP contribution in [0.2, 0.25) is 0 Å². The van der Waals surface area contributed by atoms with Gasteiger partial charge in [0.2, 0.25) is 0 Å². The fourth-order valence-corrected chi connectivity index (χ4v) is 2.69. The lowest BCUT2D eigenvalue weighted by Gasteiger charge is -2.23. The minimum absolute atomic E-state index is 1.79. The molecule has 0 aromatic rings. The van der Waals surface area contributed by atoms with Gasteiger partial charge in [-0.25, -0.2) is 4.39 Å². The maximum Gasteiger partial charge on any atom is 0.410 e. The molecule has 0 aliphatic carbocycles. The summed E-state index contributed by atoms with van der Waals surface area (Å²) in [5.41, 5.74) is 4.13. The van der Waals surface area contributed by atoms with Crippen LogP contribution in [0.25, 0.3) is 0 Å². The Bertz CT molecular complexity index is 271. The van der Waals surface area contributed by atoms with Crippen LogP contribution in [0.4, 0.5) is 39.5 Å². The van der Waals surface area contributed by atoms with Crippen LogP contribution in [0.1, 0.15) is 6.42 Å². The first-order chi connectivity index (χ1) is 8.70. The van der Waals surface area contributed by atoms with Gasteiger partial charge in [0, 0.05) is 0 Å². The lowest BCUT2D eigenvalue weighted by molar-refractivity contribution is -0.170. The number of nitrogens with two attached hydrogens (primary N) is 1. The minimum Gasteiger partial charge on any atom is -0.385 e. The lowest BCUT2D eigenvalue weighted by atomic mass is 10.4. The standard InChI is InChI=1S/C7H10F9NO2Si/c8-4(1-7(15,16)17)20(18-2-5(9,10)11)19-3-6(12,13)14/h4,20H,1-3,17H2. The second kappa shape index (κ2) is 6.95. The largest absolute Gasteiger partial charge is 0.410 e. The zero-order valence-corrected chi connectivity index (χ0v) is 10.7. The number of rotatable bonds is 7. The van der Waals surface area contributed by atoms with E-state index in [-0.39, 0.29) is 0 Å². The van der Waals surface area contributed by atoms with Crippen molar-refractivity contribution in [2.45, 2.75) is 30.6 Å². The fourth-order valence-electron chi connectivity index (χ4n) is 0.966. The molecule has 0 heterocycles. The Balaban J connectivity index is 4.61. The van der Waals surface area contributed by atoms with Gasteiger partial charge in [-0.2, -0.15) is 35.1 Å². The molecule has 0 aliphatic heterocycles. The van der Waals surface area contributed by atoms with Crippen molar-refractivity contribution in [2.24, 2.45) is 5.73 Å². The van der Waals surface area contributed by atoms with Crippen LogP contribution in [-0.4, -0.2) is 46.7 Å². The maximum atomic E-state index is 13.2. The third kappa shape index (κ3) is 11.3. The van der Waals surface area contributed by atoms with Crippen molar-refractivity contribution >= 4 is 9.28 Å². The van der Waals surface area contributed by atoms with Crippen LogP contribution in [0.3, 0.4) is 0 Å². The van der Waals surface area contributed by atoms with E-state index in [1.165, 1.54) is 0 Å². The lowest BCUT2D eigenvalue weighted by Crippen LogP contribution is -2.44. The highest BCUT2D eigenvalue weighted by Crippen LogP contribution is 2.23. The summed E-state index contributed by atoms with van der Waals surface area (Å²) < 4.78 is 116. The number of alkyl halides is 9. The van der Waals surface area contributed by atoms with Gasteiger partial charge in [0.15, 0.2) is 0 Å². The van der Waals surface area contributed by atoms with E-state index in [2.05, 4.69) is 14.6 Å². The van der Waals surface area contributed by atoms with E-state index in [1.54, 1.807) is 0 Å². The fraction of sp³-hybridized carbons (Fsp3) is 1.00. The molecule has 0 aromatic carbocycles. The molecule has 0 saturated carbocycles. The van der Waals surface area contributed by atoms with Crippen molar-refractivity contribution in [1.82, 2.24) is 0 Å². The quantitative estimate of drug-likeness (QED) is 0.439. The molecule has 0 fully saturated rings. The second-order valence-corrected chi connectivity index (χ2v) is 5.83. The Morgan fingerprint density at radius 1 is 0.850 bits per heavy atom. The van der Waals surface area contributed by atoms with Gasteiger partial charge < -0.3 is 8.85 Å². The molecule has 0 rings (SSSR count). The first kappa shape index (κ1) is 19.5. The normalized spacial score (nSPS) is 15.8. The molecule has 0 aromatic heterocycles. The van der Waals surface area contributed by atoms with Crippen molar-refractivity contribution in [3.8, 4) is 0 Å². The van der Waals surface area contributed by atoms with E-state index in [0.29, 0.717) is 0 Å². The van der Waals surface area contributed by atoms with Gasteiger partial charge in [0.05, 0.1) is 6.42 Å². The van der Waals surface area contributed by atoms with E-state index in [1.807, 2.05) is 0 Å². The average Bonchev–Trinajstić information content (AvgIpc) is 2.10. The molecule has 122 valence electrons. The maximum absolute atomic E-state index is 13.2. The summed E-state index contributed by atoms with van der Waals surface area (Å²) in [6, 6.07) is -4.10.